The molecule has 1 rings (SSSR count). The Kier molecular flexibility index (Phi) is 4.82. The predicted molar refractivity (Wildman–Crippen MR) is 64.7 cm³/mol. The van der Waals surface area contributed by atoms with Crippen LogP contribution in [0.5, 0.6) is 0 Å². The van der Waals surface area contributed by atoms with E-state index in [0.29, 0.717) is 11.7 Å². The first kappa shape index (κ1) is 12.7. The predicted octanol–water partition coefficient (Wildman–Crippen LogP) is 4.06. The number of hydrogen-bond donors (Lipinski definition) is 0. The van der Waals surface area contributed by atoms with Crippen molar-refractivity contribution < 1.29 is 4.79 Å². The number of rotatable bonds is 4. The van der Waals surface area contributed by atoms with Crippen LogP contribution in [0.25, 0.3) is 0 Å². The van der Waals surface area contributed by atoms with Crippen LogP contribution in [0.4, 0.5) is 0 Å². The van der Waals surface area contributed by atoms with Crippen LogP contribution in [-0.4, -0.2) is 5.78 Å². The zero-order valence-corrected chi connectivity index (χ0v) is 10.8. The number of ketones is 1. The molecule has 88 valence electrons. The standard InChI is InChI=1S/C14H26O/c1-10(2)13-7-5-12(6-8-13)9-14(15)11(3)4/h10-13H,5-9H2,1-4H3/t12-,13-. The molecule has 0 saturated heterocycles. The van der Waals surface area contributed by atoms with Crippen LogP contribution in [0, 0.1) is 23.7 Å². The smallest absolute Gasteiger partial charge is 0.135 e. The molecule has 1 nitrogen and oxygen atoms in total. The van der Waals surface area contributed by atoms with Gasteiger partial charge in [0.2, 0.25) is 0 Å². The Morgan fingerprint density at radius 1 is 1.07 bits per heavy atom. The molecule has 0 bridgehead atoms. The van der Waals surface area contributed by atoms with E-state index in [1.807, 2.05) is 13.8 Å². The van der Waals surface area contributed by atoms with E-state index in [9.17, 15) is 4.79 Å². The first-order valence-electron chi connectivity index (χ1n) is 6.53. The van der Waals surface area contributed by atoms with Crippen molar-refractivity contribution >= 4 is 5.78 Å². The van der Waals surface area contributed by atoms with Gasteiger partial charge in [-0.3, -0.25) is 4.79 Å². The number of carbonyl (C=O) groups is 1. The molecular formula is C14H26O. The summed E-state index contributed by atoms with van der Waals surface area (Å²) in [6, 6.07) is 0. The Morgan fingerprint density at radius 2 is 1.60 bits per heavy atom. The molecule has 0 aliphatic heterocycles. The van der Waals surface area contributed by atoms with Gasteiger partial charge in [-0.25, -0.2) is 0 Å². The summed E-state index contributed by atoms with van der Waals surface area (Å²) in [6.45, 7) is 8.68. The van der Waals surface area contributed by atoms with E-state index in [0.717, 1.165) is 18.3 Å². The van der Waals surface area contributed by atoms with E-state index in [1.165, 1.54) is 25.7 Å². The van der Waals surface area contributed by atoms with Crippen LogP contribution >= 0.6 is 0 Å². The lowest BCUT2D eigenvalue weighted by Gasteiger charge is -2.30. The van der Waals surface area contributed by atoms with Gasteiger partial charge in [0.1, 0.15) is 5.78 Å². The van der Waals surface area contributed by atoms with Gasteiger partial charge in [0.25, 0.3) is 0 Å². The number of carbonyl (C=O) groups excluding carboxylic acids is 1. The Morgan fingerprint density at radius 3 is 2.00 bits per heavy atom. The zero-order chi connectivity index (χ0) is 11.4. The molecule has 1 heteroatoms. The Labute approximate surface area is 94.6 Å². The summed E-state index contributed by atoms with van der Waals surface area (Å²) in [4.78, 5) is 11.6. The van der Waals surface area contributed by atoms with E-state index < -0.39 is 0 Å². The third kappa shape index (κ3) is 3.96. The molecule has 1 saturated carbocycles. The van der Waals surface area contributed by atoms with E-state index in [-0.39, 0.29) is 5.92 Å². The highest BCUT2D eigenvalue weighted by molar-refractivity contribution is 5.80. The largest absolute Gasteiger partial charge is 0.299 e. The van der Waals surface area contributed by atoms with E-state index in [4.69, 9.17) is 0 Å². The maximum atomic E-state index is 11.6. The lowest BCUT2D eigenvalue weighted by molar-refractivity contribution is -0.123. The summed E-state index contributed by atoms with van der Waals surface area (Å²) >= 11 is 0. The van der Waals surface area contributed by atoms with Crippen molar-refractivity contribution in [3.63, 3.8) is 0 Å². The third-order valence-electron chi connectivity index (χ3n) is 3.97. The van der Waals surface area contributed by atoms with Crippen molar-refractivity contribution in [2.75, 3.05) is 0 Å². The van der Waals surface area contributed by atoms with Gasteiger partial charge in [0.15, 0.2) is 0 Å². The molecule has 1 aliphatic carbocycles. The average Bonchev–Trinajstić information content (AvgIpc) is 2.18. The normalized spacial score (nSPS) is 27.3. The summed E-state index contributed by atoms with van der Waals surface area (Å²) in [5.74, 6) is 3.12. The minimum Gasteiger partial charge on any atom is -0.299 e. The van der Waals surface area contributed by atoms with Crippen molar-refractivity contribution in [2.45, 2.75) is 59.8 Å². The molecule has 0 atom stereocenters. The van der Waals surface area contributed by atoms with Gasteiger partial charge in [-0.2, -0.15) is 0 Å². The van der Waals surface area contributed by atoms with Gasteiger partial charge in [0, 0.05) is 12.3 Å². The van der Waals surface area contributed by atoms with Crippen molar-refractivity contribution in [3.05, 3.63) is 0 Å². The molecule has 0 unspecified atom stereocenters. The number of hydrogen-bond acceptors (Lipinski definition) is 1. The quantitative estimate of drug-likeness (QED) is 0.683. The van der Waals surface area contributed by atoms with Gasteiger partial charge < -0.3 is 0 Å². The van der Waals surface area contributed by atoms with Crippen molar-refractivity contribution in [1.82, 2.24) is 0 Å². The van der Waals surface area contributed by atoms with E-state index >= 15 is 0 Å². The van der Waals surface area contributed by atoms with Gasteiger partial charge in [0.05, 0.1) is 0 Å². The first-order valence-corrected chi connectivity index (χ1v) is 6.53. The molecule has 1 aliphatic rings. The SMILES string of the molecule is CC(C)C(=O)C[C@H]1CC[C@H](C(C)C)CC1. The summed E-state index contributed by atoms with van der Waals surface area (Å²) in [7, 11) is 0. The van der Waals surface area contributed by atoms with Gasteiger partial charge in [-0.1, -0.05) is 27.7 Å². The van der Waals surface area contributed by atoms with Crippen LogP contribution < -0.4 is 0 Å². The molecule has 0 aromatic carbocycles. The third-order valence-corrected chi connectivity index (χ3v) is 3.97. The summed E-state index contributed by atoms with van der Waals surface area (Å²) in [5, 5.41) is 0. The minimum absolute atomic E-state index is 0.229. The molecular weight excluding hydrogens is 184 g/mol. The summed E-state index contributed by atoms with van der Waals surface area (Å²) < 4.78 is 0. The highest BCUT2D eigenvalue weighted by Crippen LogP contribution is 2.35. The highest BCUT2D eigenvalue weighted by atomic mass is 16.1. The molecule has 0 aromatic heterocycles. The van der Waals surface area contributed by atoms with Crippen LogP contribution in [0.1, 0.15) is 59.8 Å². The molecule has 0 N–H and O–H groups in total. The second-order valence-corrected chi connectivity index (χ2v) is 5.85. The highest BCUT2D eigenvalue weighted by Gasteiger charge is 2.25. The topological polar surface area (TPSA) is 17.1 Å². The average molecular weight is 210 g/mol. The van der Waals surface area contributed by atoms with Crippen molar-refractivity contribution in [2.24, 2.45) is 23.7 Å². The van der Waals surface area contributed by atoms with Crippen LogP contribution in [0.15, 0.2) is 0 Å². The fourth-order valence-corrected chi connectivity index (χ4v) is 2.58. The second kappa shape index (κ2) is 5.67. The molecule has 1 fully saturated rings. The van der Waals surface area contributed by atoms with E-state index in [1.54, 1.807) is 0 Å². The molecule has 0 amide bonds. The lowest BCUT2D eigenvalue weighted by Crippen LogP contribution is -2.21. The minimum atomic E-state index is 0.229. The maximum absolute atomic E-state index is 11.6. The summed E-state index contributed by atoms with van der Waals surface area (Å²) in [6.07, 6.45) is 6.08. The van der Waals surface area contributed by atoms with Gasteiger partial charge in [-0.15, -0.1) is 0 Å². The van der Waals surface area contributed by atoms with Crippen LogP contribution in [-0.2, 0) is 4.79 Å². The number of Topliss-reactive ketones (excluding diaryl/α,β-unsaturated/α-hetero) is 1. The Bertz CT molecular complexity index is 197. The molecule has 0 heterocycles. The molecule has 0 radical (unpaired) electrons. The van der Waals surface area contributed by atoms with Crippen LogP contribution in [0.2, 0.25) is 0 Å². The second-order valence-electron chi connectivity index (χ2n) is 5.85. The fraction of sp³-hybridized carbons (Fsp3) is 0.929. The summed E-state index contributed by atoms with van der Waals surface area (Å²) in [5.41, 5.74) is 0. The molecule has 0 spiro atoms. The zero-order valence-electron chi connectivity index (χ0n) is 10.8. The monoisotopic (exact) mass is 210 g/mol. The van der Waals surface area contributed by atoms with Crippen LogP contribution in [0.3, 0.4) is 0 Å². The fourth-order valence-electron chi connectivity index (χ4n) is 2.58. The molecule has 15 heavy (non-hydrogen) atoms. The Hall–Kier alpha value is -0.330. The van der Waals surface area contributed by atoms with Crippen molar-refractivity contribution in [3.8, 4) is 0 Å². The van der Waals surface area contributed by atoms with E-state index in [2.05, 4.69) is 13.8 Å². The first-order chi connectivity index (χ1) is 7.00. The molecule has 0 aromatic rings. The maximum Gasteiger partial charge on any atom is 0.135 e. The lowest BCUT2D eigenvalue weighted by atomic mass is 9.75. The van der Waals surface area contributed by atoms with Gasteiger partial charge >= 0.3 is 0 Å². The Balaban J connectivity index is 2.29. The van der Waals surface area contributed by atoms with Gasteiger partial charge in [-0.05, 0) is 43.4 Å². The van der Waals surface area contributed by atoms with Crippen molar-refractivity contribution in [1.29, 1.82) is 0 Å².